The van der Waals surface area contributed by atoms with Gasteiger partial charge >= 0.3 is 18.1 Å². The molecule has 0 N–H and O–H groups in total. The minimum Gasteiger partial charge on any atom is -0.490 e. The molecule has 232 valence electrons. The summed E-state index contributed by atoms with van der Waals surface area (Å²) < 4.78 is 77.6. The second kappa shape index (κ2) is 16.6. The molecule has 6 nitrogen and oxygen atoms in total. The molecule has 0 heterocycles. The number of ether oxygens (including phenoxy) is 4. The van der Waals surface area contributed by atoms with E-state index in [9.17, 15) is 22.8 Å². The Morgan fingerprint density at radius 1 is 0.791 bits per heavy atom. The summed E-state index contributed by atoms with van der Waals surface area (Å²) in [5.41, 5.74) is 0.214. The summed E-state index contributed by atoms with van der Waals surface area (Å²) in [4.78, 5) is 26.0. The molecule has 0 aromatic heterocycles. The highest BCUT2D eigenvalue weighted by Gasteiger charge is 2.42. The van der Waals surface area contributed by atoms with Crippen LogP contribution in [-0.2, 0) is 9.47 Å². The Morgan fingerprint density at radius 3 is 2.19 bits per heavy atom. The van der Waals surface area contributed by atoms with Crippen LogP contribution in [0.2, 0.25) is 0 Å². The predicted octanol–water partition coefficient (Wildman–Crippen LogP) is 8.58. The SMILES string of the molecule is CCCCCCC(OC(=O)c1ccccc1OC(=O)c1ccc(-c2ccccc2)c(OCCCCOC)c1F)C(F)(F)F. The Bertz CT molecular complexity index is 1330. The number of benzene rings is 3. The van der Waals surface area contributed by atoms with Crippen molar-refractivity contribution in [3.63, 3.8) is 0 Å². The quantitative estimate of drug-likeness (QED) is 0.0706. The molecule has 0 saturated carbocycles. The third kappa shape index (κ3) is 9.81. The van der Waals surface area contributed by atoms with E-state index in [0.717, 1.165) is 12.8 Å². The van der Waals surface area contributed by atoms with Gasteiger partial charge in [0.15, 0.2) is 17.7 Å². The van der Waals surface area contributed by atoms with Crippen LogP contribution < -0.4 is 9.47 Å². The summed E-state index contributed by atoms with van der Waals surface area (Å²) in [5.74, 6) is -3.95. The van der Waals surface area contributed by atoms with E-state index in [1.54, 1.807) is 31.4 Å². The van der Waals surface area contributed by atoms with Crippen LogP contribution in [0, 0.1) is 5.82 Å². The van der Waals surface area contributed by atoms with E-state index in [2.05, 4.69) is 0 Å². The molecule has 43 heavy (non-hydrogen) atoms. The first-order valence-corrected chi connectivity index (χ1v) is 14.3. The molecule has 10 heteroatoms. The highest BCUT2D eigenvalue weighted by atomic mass is 19.4. The first kappa shape index (κ1) is 33.6. The van der Waals surface area contributed by atoms with Gasteiger partial charge in [0.1, 0.15) is 11.3 Å². The van der Waals surface area contributed by atoms with Gasteiger partial charge in [0.05, 0.1) is 12.2 Å². The Hall–Kier alpha value is -3.92. The van der Waals surface area contributed by atoms with Crippen molar-refractivity contribution in [1.29, 1.82) is 0 Å². The van der Waals surface area contributed by atoms with Crippen LogP contribution in [0.3, 0.4) is 0 Å². The molecule has 0 bridgehead atoms. The number of esters is 2. The minimum absolute atomic E-state index is 0.151. The molecule has 0 aliphatic heterocycles. The molecule has 0 radical (unpaired) electrons. The van der Waals surface area contributed by atoms with Crippen LogP contribution in [0.1, 0.15) is 72.6 Å². The second-order valence-electron chi connectivity index (χ2n) is 9.89. The molecule has 0 fully saturated rings. The van der Waals surface area contributed by atoms with Crippen molar-refractivity contribution in [1.82, 2.24) is 0 Å². The number of para-hydroxylation sites is 1. The molecule has 0 spiro atoms. The monoisotopic (exact) mass is 604 g/mol. The van der Waals surface area contributed by atoms with E-state index in [1.807, 2.05) is 13.0 Å². The molecule has 1 unspecified atom stereocenters. The summed E-state index contributed by atoms with van der Waals surface area (Å²) in [7, 11) is 1.57. The molecule has 0 amide bonds. The normalized spacial score (nSPS) is 12.0. The van der Waals surface area contributed by atoms with Gasteiger partial charge in [-0.1, -0.05) is 68.7 Å². The molecule has 0 saturated heterocycles. The summed E-state index contributed by atoms with van der Waals surface area (Å²) in [5, 5.41) is 0. The number of methoxy groups -OCH3 is 1. The summed E-state index contributed by atoms with van der Waals surface area (Å²) in [6.45, 7) is 2.60. The zero-order valence-electron chi connectivity index (χ0n) is 24.3. The van der Waals surface area contributed by atoms with E-state index in [-0.39, 0.29) is 30.9 Å². The number of hydrogen-bond donors (Lipinski definition) is 0. The van der Waals surface area contributed by atoms with E-state index in [1.165, 1.54) is 36.4 Å². The maximum absolute atomic E-state index is 15.8. The van der Waals surface area contributed by atoms with Crippen LogP contribution in [0.5, 0.6) is 11.5 Å². The number of carbonyl (C=O) groups excluding carboxylic acids is 2. The van der Waals surface area contributed by atoms with E-state index in [4.69, 9.17) is 18.9 Å². The molecule has 3 rings (SSSR count). The molecule has 0 aliphatic carbocycles. The highest BCUT2D eigenvalue weighted by Crippen LogP contribution is 2.35. The fraction of sp³-hybridized carbons (Fsp3) is 0.394. The number of halogens is 4. The van der Waals surface area contributed by atoms with Crippen molar-refractivity contribution >= 4 is 11.9 Å². The lowest BCUT2D eigenvalue weighted by Crippen LogP contribution is -2.34. The molecule has 3 aromatic rings. The average molecular weight is 605 g/mol. The molecular formula is C33H36F4O6. The summed E-state index contributed by atoms with van der Waals surface area (Å²) >= 11 is 0. The van der Waals surface area contributed by atoms with Crippen molar-refractivity contribution in [2.24, 2.45) is 0 Å². The zero-order valence-corrected chi connectivity index (χ0v) is 24.3. The molecule has 1 atom stereocenters. The van der Waals surface area contributed by atoms with E-state index < -0.39 is 41.2 Å². The molecule has 0 aliphatic rings. The number of alkyl halides is 3. The maximum Gasteiger partial charge on any atom is 0.425 e. The smallest absolute Gasteiger partial charge is 0.425 e. The zero-order chi connectivity index (χ0) is 31.2. The lowest BCUT2D eigenvalue weighted by molar-refractivity contribution is -0.206. The van der Waals surface area contributed by atoms with Crippen LogP contribution in [0.15, 0.2) is 66.7 Å². The van der Waals surface area contributed by atoms with Gasteiger partial charge in [0.25, 0.3) is 0 Å². The van der Waals surface area contributed by atoms with Gasteiger partial charge in [-0.3, -0.25) is 0 Å². The van der Waals surface area contributed by atoms with Crippen LogP contribution in [0.4, 0.5) is 17.6 Å². The fourth-order valence-electron chi connectivity index (χ4n) is 4.34. The third-order valence-corrected chi connectivity index (χ3v) is 6.63. The van der Waals surface area contributed by atoms with E-state index >= 15 is 4.39 Å². The van der Waals surface area contributed by atoms with Gasteiger partial charge in [-0.15, -0.1) is 0 Å². The highest BCUT2D eigenvalue weighted by molar-refractivity contribution is 5.97. The maximum atomic E-state index is 15.8. The minimum atomic E-state index is -4.77. The average Bonchev–Trinajstić information content (AvgIpc) is 2.99. The third-order valence-electron chi connectivity index (χ3n) is 6.63. The number of unbranched alkanes of at least 4 members (excludes halogenated alkanes) is 4. The van der Waals surface area contributed by atoms with Gasteiger partial charge in [-0.2, -0.15) is 13.2 Å². The van der Waals surface area contributed by atoms with Gasteiger partial charge in [0.2, 0.25) is 0 Å². The first-order chi connectivity index (χ1) is 20.7. The Kier molecular flexibility index (Phi) is 13.0. The van der Waals surface area contributed by atoms with E-state index in [0.29, 0.717) is 37.0 Å². The largest absolute Gasteiger partial charge is 0.490 e. The topological polar surface area (TPSA) is 71.1 Å². The predicted molar refractivity (Wildman–Crippen MR) is 154 cm³/mol. The van der Waals surface area contributed by atoms with Crippen molar-refractivity contribution < 1.29 is 46.1 Å². The lowest BCUT2D eigenvalue weighted by atomic mass is 10.0. The van der Waals surface area contributed by atoms with Crippen molar-refractivity contribution in [2.45, 2.75) is 64.1 Å². The van der Waals surface area contributed by atoms with Crippen LogP contribution in [-0.4, -0.2) is 44.5 Å². The van der Waals surface area contributed by atoms with Gasteiger partial charge in [-0.25, -0.2) is 14.0 Å². The van der Waals surface area contributed by atoms with Crippen molar-refractivity contribution in [3.8, 4) is 22.6 Å². The fourth-order valence-corrected chi connectivity index (χ4v) is 4.34. The van der Waals surface area contributed by atoms with Crippen LogP contribution >= 0.6 is 0 Å². The number of rotatable bonds is 16. The summed E-state index contributed by atoms with van der Waals surface area (Å²) in [6.07, 6.45) is -3.80. The van der Waals surface area contributed by atoms with Crippen LogP contribution in [0.25, 0.3) is 11.1 Å². The first-order valence-electron chi connectivity index (χ1n) is 14.3. The standard InChI is InChI=1S/C33H36F4O6/c1-3-4-5-9-18-28(33(35,36)37)43-31(38)25-16-10-11-17-27(25)42-32(39)26-20-19-24(23-14-7-6-8-15-23)30(29(26)34)41-22-13-12-21-40-2/h6-8,10-11,14-17,19-20,28H,3-5,9,12-13,18,21-22H2,1-2H3. The number of carbonyl (C=O) groups is 2. The Balaban J connectivity index is 1.84. The van der Waals surface area contributed by atoms with Gasteiger partial charge in [-0.05, 0) is 55.5 Å². The Morgan fingerprint density at radius 2 is 1.49 bits per heavy atom. The summed E-state index contributed by atoms with van der Waals surface area (Å²) in [6, 6.07) is 16.9. The van der Waals surface area contributed by atoms with Gasteiger partial charge in [0, 0.05) is 19.3 Å². The van der Waals surface area contributed by atoms with Crippen molar-refractivity contribution in [2.75, 3.05) is 20.3 Å². The Labute approximate surface area is 248 Å². The molecular weight excluding hydrogens is 568 g/mol. The number of hydrogen-bond acceptors (Lipinski definition) is 6. The van der Waals surface area contributed by atoms with Gasteiger partial charge < -0.3 is 18.9 Å². The second-order valence-corrected chi connectivity index (χ2v) is 9.89. The molecule has 3 aromatic carbocycles. The lowest BCUT2D eigenvalue weighted by Gasteiger charge is -2.21. The van der Waals surface area contributed by atoms with Crippen molar-refractivity contribution in [3.05, 3.63) is 83.7 Å².